The molecule has 1 aromatic rings. The van der Waals surface area contributed by atoms with Crippen LogP contribution in [-0.4, -0.2) is 45.3 Å². The number of ketones is 2. The highest BCUT2D eigenvalue weighted by atomic mass is 16.5. The molecule has 1 rings (SSSR count). The number of carbonyl (C=O) groups is 3. The number of aromatic amines is 1. The monoisotopic (exact) mass is 254 g/mol. The van der Waals surface area contributed by atoms with E-state index in [0.29, 0.717) is 0 Å². The SMILES string of the molecule is CCOC(=O)C(O)C(C(C)=O)C(=O)c1cnc[nH]1. The van der Waals surface area contributed by atoms with Crippen LogP contribution in [0.1, 0.15) is 24.3 Å². The molecule has 7 heteroatoms. The maximum atomic E-state index is 11.9. The Kier molecular flexibility index (Phi) is 4.73. The van der Waals surface area contributed by atoms with Crippen molar-refractivity contribution in [1.82, 2.24) is 9.97 Å². The Balaban J connectivity index is 2.93. The van der Waals surface area contributed by atoms with Crippen molar-refractivity contribution >= 4 is 17.5 Å². The zero-order valence-corrected chi connectivity index (χ0v) is 10.0. The summed E-state index contributed by atoms with van der Waals surface area (Å²) in [5.74, 6) is -3.79. The zero-order chi connectivity index (χ0) is 13.7. The summed E-state index contributed by atoms with van der Waals surface area (Å²) in [5, 5.41) is 9.70. The molecule has 0 spiro atoms. The molecule has 0 aromatic carbocycles. The molecule has 98 valence electrons. The third-order valence-electron chi connectivity index (χ3n) is 2.33. The third kappa shape index (κ3) is 3.01. The number of nitrogens with one attached hydrogen (secondary N) is 1. The van der Waals surface area contributed by atoms with Crippen LogP contribution in [0.3, 0.4) is 0 Å². The molecule has 0 amide bonds. The number of aliphatic hydroxyl groups is 1. The molecular weight excluding hydrogens is 240 g/mol. The van der Waals surface area contributed by atoms with Gasteiger partial charge in [0.25, 0.3) is 0 Å². The molecular formula is C11H14N2O5. The molecule has 1 aromatic heterocycles. The van der Waals surface area contributed by atoms with Gasteiger partial charge in [0.2, 0.25) is 0 Å². The lowest BCUT2D eigenvalue weighted by molar-refractivity contribution is -0.157. The van der Waals surface area contributed by atoms with E-state index in [1.54, 1.807) is 6.92 Å². The predicted octanol–water partition coefficient (Wildman–Crippen LogP) is -0.278. The van der Waals surface area contributed by atoms with Gasteiger partial charge in [0.15, 0.2) is 11.9 Å². The van der Waals surface area contributed by atoms with Gasteiger partial charge in [0, 0.05) is 0 Å². The van der Waals surface area contributed by atoms with Gasteiger partial charge in [-0.25, -0.2) is 9.78 Å². The smallest absolute Gasteiger partial charge is 0.336 e. The molecule has 7 nitrogen and oxygen atoms in total. The van der Waals surface area contributed by atoms with Crippen LogP contribution < -0.4 is 0 Å². The summed E-state index contributed by atoms with van der Waals surface area (Å²) >= 11 is 0. The largest absolute Gasteiger partial charge is 0.464 e. The number of hydrogen-bond donors (Lipinski definition) is 2. The maximum absolute atomic E-state index is 11.9. The van der Waals surface area contributed by atoms with Crippen molar-refractivity contribution < 1.29 is 24.2 Å². The third-order valence-corrected chi connectivity index (χ3v) is 2.33. The number of Topliss-reactive ketones (excluding diaryl/α,β-unsaturated/α-hetero) is 2. The minimum absolute atomic E-state index is 0.0542. The van der Waals surface area contributed by atoms with Crippen molar-refractivity contribution in [3.05, 3.63) is 18.2 Å². The van der Waals surface area contributed by atoms with Crippen LogP contribution in [0.4, 0.5) is 0 Å². The molecule has 0 radical (unpaired) electrons. The molecule has 0 bridgehead atoms. The van der Waals surface area contributed by atoms with Gasteiger partial charge in [-0.15, -0.1) is 0 Å². The van der Waals surface area contributed by atoms with Gasteiger partial charge >= 0.3 is 5.97 Å². The van der Waals surface area contributed by atoms with Gasteiger partial charge in [-0.2, -0.15) is 0 Å². The molecule has 2 N–H and O–H groups in total. The second kappa shape index (κ2) is 6.06. The quantitative estimate of drug-likeness (QED) is 0.410. The van der Waals surface area contributed by atoms with Crippen LogP contribution in [0.25, 0.3) is 0 Å². The minimum Gasteiger partial charge on any atom is -0.464 e. The summed E-state index contributed by atoms with van der Waals surface area (Å²) in [6, 6.07) is 0. The van der Waals surface area contributed by atoms with Gasteiger partial charge < -0.3 is 14.8 Å². The number of imidazole rings is 1. The maximum Gasteiger partial charge on any atom is 0.336 e. The molecule has 2 atom stereocenters. The molecule has 2 unspecified atom stereocenters. The van der Waals surface area contributed by atoms with E-state index in [1.807, 2.05) is 0 Å². The Bertz CT molecular complexity index is 440. The van der Waals surface area contributed by atoms with Gasteiger partial charge in [-0.1, -0.05) is 0 Å². The summed E-state index contributed by atoms with van der Waals surface area (Å²) in [6.07, 6.45) is 0.676. The van der Waals surface area contributed by atoms with Crippen LogP contribution in [0, 0.1) is 5.92 Å². The van der Waals surface area contributed by atoms with Crippen LogP contribution in [0.2, 0.25) is 0 Å². The van der Waals surface area contributed by atoms with Crippen molar-refractivity contribution in [2.24, 2.45) is 5.92 Å². The Morgan fingerprint density at radius 2 is 2.17 bits per heavy atom. The molecule has 0 aliphatic heterocycles. The van der Waals surface area contributed by atoms with E-state index in [4.69, 9.17) is 0 Å². The zero-order valence-electron chi connectivity index (χ0n) is 10.0. The van der Waals surface area contributed by atoms with Crippen molar-refractivity contribution in [3.8, 4) is 0 Å². The highest BCUT2D eigenvalue weighted by molar-refractivity contribution is 6.11. The summed E-state index contributed by atoms with van der Waals surface area (Å²) in [6.45, 7) is 2.74. The first-order chi connectivity index (χ1) is 8.49. The van der Waals surface area contributed by atoms with Gasteiger partial charge in [0.1, 0.15) is 17.4 Å². The molecule has 0 saturated heterocycles. The second-order valence-corrected chi connectivity index (χ2v) is 3.61. The molecule has 0 fully saturated rings. The molecule has 0 aliphatic rings. The number of nitrogens with zero attached hydrogens (tertiary/aromatic N) is 1. The average molecular weight is 254 g/mol. The standard InChI is InChI=1S/C11H14N2O5/c1-3-18-11(17)10(16)8(6(2)14)9(15)7-4-12-5-13-7/h4-5,8,10,16H,3H2,1-2H3,(H,12,13). The van der Waals surface area contributed by atoms with Crippen molar-refractivity contribution in [2.45, 2.75) is 20.0 Å². The lowest BCUT2D eigenvalue weighted by atomic mass is 9.92. The number of carbonyl (C=O) groups excluding carboxylic acids is 3. The number of aromatic nitrogens is 2. The van der Waals surface area contributed by atoms with Crippen LogP contribution in [-0.2, 0) is 14.3 Å². The van der Waals surface area contributed by atoms with Crippen LogP contribution in [0.15, 0.2) is 12.5 Å². The predicted molar refractivity (Wildman–Crippen MR) is 59.7 cm³/mol. The topological polar surface area (TPSA) is 109 Å². The number of esters is 1. The number of H-pyrrole nitrogens is 1. The first-order valence-corrected chi connectivity index (χ1v) is 5.36. The lowest BCUT2D eigenvalue weighted by Crippen LogP contribution is -2.40. The average Bonchev–Trinajstić information content (AvgIpc) is 2.82. The number of ether oxygens (including phenoxy) is 1. The Morgan fingerprint density at radius 1 is 1.50 bits per heavy atom. The number of rotatable bonds is 6. The Hall–Kier alpha value is -2.02. The van der Waals surface area contributed by atoms with E-state index < -0.39 is 29.6 Å². The Labute approximate surface area is 103 Å². The summed E-state index contributed by atoms with van der Waals surface area (Å²) in [7, 11) is 0. The fourth-order valence-corrected chi connectivity index (χ4v) is 1.47. The van der Waals surface area contributed by atoms with Crippen LogP contribution in [0.5, 0.6) is 0 Å². The lowest BCUT2D eigenvalue weighted by Gasteiger charge is -2.17. The summed E-state index contributed by atoms with van der Waals surface area (Å²) in [5.41, 5.74) is 0.0542. The molecule has 0 saturated carbocycles. The van der Waals surface area contributed by atoms with E-state index in [1.165, 1.54) is 12.5 Å². The normalized spacial score (nSPS) is 13.7. The van der Waals surface area contributed by atoms with Crippen LogP contribution >= 0.6 is 0 Å². The number of hydrogen-bond acceptors (Lipinski definition) is 6. The van der Waals surface area contributed by atoms with E-state index >= 15 is 0 Å². The highest BCUT2D eigenvalue weighted by Crippen LogP contribution is 2.14. The van der Waals surface area contributed by atoms with Crippen molar-refractivity contribution in [3.63, 3.8) is 0 Å². The van der Waals surface area contributed by atoms with Gasteiger partial charge in [0.05, 0.1) is 19.1 Å². The Morgan fingerprint density at radius 3 is 2.61 bits per heavy atom. The minimum atomic E-state index is -1.81. The highest BCUT2D eigenvalue weighted by Gasteiger charge is 2.37. The second-order valence-electron chi connectivity index (χ2n) is 3.61. The fourth-order valence-electron chi connectivity index (χ4n) is 1.47. The molecule has 1 heterocycles. The molecule has 18 heavy (non-hydrogen) atoms. The molecule has 0 aliphatic carbocycles. The van der Waals surface area contributed by atoms with E-state index in [0.717, 1.165) is 6.92 Å². The van der Waals surface area contributed by atoms with Crippen molar-refractivity contribution in [1.29, 1.82) is 0 Å². The summed E-state index contributed by atoms with van der Waals surface area (Å²) in [4.78, 5) is 40.9. The van der Waals surface area contributed by atoms with E-state index in [9.17, 15) is 19.5 Å². The summed E-state index contributed by atoms with van der Waals surface area (Å²) < 4.78 is 4.58. The number of aliphatic hydroxyl groups excluding tert-OH is 1. The van der Waals surface area contributed by atoms with E-state index in [-0.39, 0.29) is 12.3 Å². The van der Waals surface area contributed by atoms with Gasteiger partial charge in [-0.05, 0) is 13.8 Å². The fraction of sp³-hybridized carbons (Fsp3) is 0.455. The van der Waals surface area contributed by atoms with Crippen molar-refractivity contribution in [2.75, 3.05) is 6.61 Å². The first-order valence-electron chi connectivity index (χ1n) is 5.36. The first kappa shape index (κ1) is 14.0. The van der Waals surface area contributed by atoms with E-state index in [2.05, 4.69) is 14.7 Å². The van der Waals surface area contributed by atoms with Gasteiger partial charge in [-0.3, -0.25) is 9.59 Å².